The first-order valence-corrected chi connectivity index (χ1v) is 8.16. The van der Waals surface area contributed by atoms with Crippen LogP contribution in [0.5, 0.6) is 0 Å². The van der Waals surface area contributed by atoms with Crippen LogP contribution in [0.2, 0.25) is 0 Å². The van der Waals surface area contributed by atoms with Crippen LogP contribution in [-0.2, 0) is 16.1 Å². The van der Waals surface area contributed by atoms with Gasteiger partial charge in [-0.3, -0.25) is 14.4 Å². The number of benzene rings is 2. The van der Waals surface area contributed by atoms with Crippen LogP contribution in [0, 0.1) is 13.8 Å². The molecule has 0 aliphatic carbocycles. The Morgan fingerprint density at radius 1 is 1.04 bits per heavy atom. The number of primary amides is 1. The molecule has 3 aromatic rings. The van der Waals surface area contributed by atoms with Crippen molar-refractivity contribution in [1.29, 1.82) is 0 Å². The largest absolute Gasteiger partial charge is 0.363 e. The third kappa shape index (κ3) is 3.21. The summed E-state index contributed by atoms with van der Waals surface area (Å²) in [4.78, 5) is 35.8. The van der Waals surface area contributed by atoms with Crippen molar-refractivity contribution in [1.82, 2.24) is 4.57 Å². The maximum absolute atomic E-state index is 12.5. The van der Waals surface area contributed by atoms with Crippen molar-refractivity contribution < 1.29 is 14.4 Å². The van der Waals surface area contributed by atoms with Gasteiger partial charge in [-0.2, -0.15) is 0 Å². The van der Waals surface area contributed by atoms with Crippen LogP contribution in [-0.4, -0.2) is 22.2 Å². The van der Waals surface area contributed by atoms with Gasteiger partial charge in [0.1, 0.15) is 6.54 Å². The fourth-order valence-electron chi connectivity index (χ4n) is 2.92. The van der Waals surface area contributed by atoms with E-state index in [0.29, 0.717) is 10.9 Å². The minimum Gasteiger partial charge on any atom is -0.363 e. The molecule has 6 heteroatoms. The van der Waals surface area contributed by atoms with E-state index in [0.717, 1.165) is 16.8 Å². The zero-order chi connectivity index (χ0) is 18.8. The SMILES string of the molecule is Cc1cccc(NC(=O)Cn2cc(C(=O)C(N)=O)c3ccccc32)c1C. The van der Waals surface area contributed by atoms with Gasteiger partial charge in [0.25, 0.3) is 11.7 Å². The topological polar surface area (TPSA) is 94.2 Å². The van der Waals surface area contributed by atoms with Crippen LogP contribution in [0.25, 0.3) is 10.9 Å². The lowest BCUT2D eigenvalue weighted by Gasteiger charge is -2.11. The molecule has 0 fully saturated rings. The molecule has 0 atom stereocenters. The molecule has 0 unspecified atom stereocenters. The number of carbonyl (C=O) groups is 3. The van der Waals surface area contributed by atoms with Gasteiger partial charge in [-0.05, 0) is 37.1 Å². The standard InChI is InChI=1S/C20H19N3O3/c1-12-6-5-8-16(13(12)2)22-18(24)11-23-10-15(19(25)20(21)26)14-7-3-4-9-17(14)23/h3-10H,11H2,1-2H3,(H2,21,26)(H,22,24). The first kappa shape index (κ1) is 17.4. The highest BCUT2D eigenvalue weighted by Crippen LogP contribution is 2.22. The molecular weight excluding hydrogens is 330 g/mol. The summed E-state index contributed by atoms with van der Waals surface area (Å²) in [6, 6.07) is 12.8. The molecule has 0 spiro atoms. The number of rotatable bonds is 5. The fourth-order valence-corrected chi connectivity index (χ4v) is 2.92. The molecular formula is C20H19N3O3. The van der Waals surface area contributed by atoms with Gasteiger partial charge in [-0.25, -0.2) is 0 Å². The molecule has 1 aromatic heterocycles. The van der Waals surface area contributed by atoms with Gasteiger partial charge in [-0.15, -0.1) is 0 Å². The van der Waals surface area contributed by atoms with Gasteiger partial charge in [-0.1, -0.05) is 30.3 Å². The van der Waals surface area contributed by atoms with Gasteiger partial charge in [0.05, 0.1) is 5.56 Å². The molecule has 26 heavy (non-hydrogen) atoms. The highest BCUT2D eigenvalue weighted by molar-refractivity contribution is 6.44. The molecule has 2 aromatic carbocycles. The zero-order valence-electron chi connectivity index (χ0n) is 14.6. The minimum atomic E-state index is -1.02. The van der Waals surface area contributed by atoms with Gasteiger partial charge in [0.2, 0.25) is 5.91 Å². The number of Topliss-reactive ketones (excluding diaryl/α,β-unsaturated/α-hetero) is 1. The number of nitrogens with zero attached hydrogens (tertiary/aromatic N) is 1. The molecule has 0 saturated heterocycles. The Balaban J connectivity index is 1.91. The number of nitrogens with two attached hydrogens (primary N) is 1. The number of aromatic nitrogens is 1. The van der Waals surface area contributed by atoms with Crippen molar-refractivity contribution in [2.24, 2.45) is 5.73 Å². The van der Waals surface area contributed by atoms with E-state index < -0.39 is 11.7 Å². The summed E-state index contributed by atoms with van der Waals surface area (Å²) in [7, 11) is 0. The first-order chi connectivity index (χ1) is 12.4. The Morgan fingerprint density at radius 3 is 2.50 bits per heavy atom. The number of hydrogen-bond donors (Lipinski definition) is 2. The number of para-hydroxylation sites is 1. The lowest BCUT2D eigenvalue weighted by atomic mass is 10.1. The Bertz CT molecular complexity index is 1030. The molecule has 2 amide bonds. The van der Waals surface area contributed by atoms with Crippen molar-refractivity contribution in [3.8, 4) is 0 Å². The lowest BCUT2D eigenvalue weighted by molar-refractivity contribution is -0.116. The van der Waals surface area contributed by atoms with Gasteiger partial charge >= 0.3 is 0 Å². The zero-order valence-corrected chi connectivity index (χ0v) is 14.6. The first-order valence-electron chi connectivity index (χ1n) is 8.16. The Morgan fingerprint density at radius 2 is 1.77 bits per heavy atom. The van der Waals surface area contributed by atoms with Gasteiger partial charge < -0.3 is 15.6 Å². The second-order valence-corrected chi connectivity index (χ2v) is 6.18. The van der Waals surface area contributed by atoms with E-state index in [-0.39, 0.29) is 18.0 Å². The highest BCUT2D eigenvalue weighted by atomic mass is 16.2. The van der Waals surface area contributed by atoms with E-state index in [1.165, 1.54) is 6.20 Å². The number of nitrogens with one attached hydrogen (secondary N) is 1. The molecule has 0 bridgehead atoms. The number of amides is 2. The predicted molar refractivity (Wildman–Crippen MR) is 100 cm³/mol. The Kier molecular flexibility index (Phi) is 4.58. The molecule has 132 valence electrons. The molecule has 1 heterocycles. The summed E-state index contributed by atoms with van der Waals surface area (Å²) in [6.45, 7) is 3.94. The lowest BCUT2D eigenvalue weighted by Crippen LogP contribution is -2.23. The van der Waals surface area contributed by atoms with Crippen LogP contribution >= 0.6 is 0 Å². The summed E-state index contributed by atoms with van der Waals surface area (Å²) in [5.41, 5.74) is 8.85. The number of aryl methyl sites for hydroxylation is 1. The number of fused-ring (bicyclic) bond motifs is 1. The number of ketones is 1. The monoisotopic (exact) mass is 349 g/mol. The van der Waals surface area contributed by atoms with Crippen LogP contribution in [0.3, 0.4) is 0 Å². The second-order valence-electron chi connectivity index (χ2n) is 6.18. The predicted octanol–water partition coefficient (Wildman–Crippen LogP) is 2.56. The van der Waals surface area contributed by atoms with Crippen LogP contribution < -0.4 is 11.1 Å². The summed E-state index contributed by atoms with van der Waals surface area (Å²) < 4.78 is 1.64. The minimum absolute atomic E-state index is 0.0138. The van der Waals surface area contributed by atoms with Crippen LogP contribution in [0.1, 0.15) is 21.5 Å². The number of anilines is 1. The summed E-state index contributed by atoms with van der Waals surface area (Å²) in [5.74, 6) is -2.01. The third-order valence-electron chi connectivity index (χ3n) is 4.45. The normalized spacial score (nSPS) is 10.7. The van der Waals surface area contributed by atoms with Crippen molar-refractivity contribution in [3.63, 3.8) is 0 Å². The molecule has 6 nitrogen and oxygen atoms in total. The van der Waals surface area contributed by atoms with Crippen molar-refractivity contribution in [2.75, 3.05) is 5.32 Å². The summed E-state index contributed by atoms with van der Waals surface area (Å²) >= 11 is 0. The molecule has 0 radical (unpaired) electrons. The quantitative estimate of drug-likeness (QED) is 0.547. The average molecular weight is 349 g/mol. The number of carbonyl (C=O) groups excluding carboxylic acids is 3. The summed E-state index contributed by atoms with van der Waals surface area (Å²) in [6.07, 6.45) is 1.50. The van der Waals surface area contributed by atoms with Crippen molar-refractivity contribution in [2.45, 2.75) is 20.4 Å². The smallest absolute Gasteiger partial charge is 0.289 e. The summed E-state index contributed by atoms with van der Waals surface area (Å²) in [5, 5.41) is 3.48. The molecule has 0 saturated carbocycles. The fraction of sp³-hybridized carbons (Fsp3) is 0.150. The van der Waals surface area contributed by atoms with Crippen LogP contribution in [0.4, 0.5) is 5.69 Å². The maximum Gasteiger partial charge on any atom is 0.289 e. The molecule has 3 N–H and O–H groups in total. The molecule has 3 rings (SSSR count). The van der Waals surface area contributed by atoms with Crippen molar-refractivity contribution in [3.05, 3.63) is 65.4 Å². The van der Waals surface area contributed by atoms with E-state index in [1.807, 2.05) is 32.0 Å². The van der Waals surface area contributed by atoms with Crippen LogP contribution in [0.15, 0.2) is 48.7 Å². The maximum atomic E-state index is 12.5. The van der Waals surface area contributed by atoms with Crippen molar-refractivity contribution >= 4 is 34.2 Å². The van der Waals surface area contributed by atoms with Gasteiger partial charge in [0, 0.05) is 22.8 Å². The van der Waals surface area contributed by atoms with E-state index in [9.17, 15) is 14.4 Å². The van der Waals surface area contributed by atoms with E-state index in [4.69, 9.17) is 5.73 Å². The van der Waals surface area contributed by atoms with E-state index >= 15 is 0 Å². The third-order valence-corrected chi connectivity index (χ3v) is 4.45. The van der Waals surface area contributed by atoms with E-state index in [1.54, 1.807) is 28.8 Å². The number of hydrogen-bond acceptors (Lipinski definition) is 3. The van der Waals surface area contributed by atoms with E-state index in [2.05, 4.69) is 5.32 Å². The average Bonchev–Trinajstić information content (AvgIpc) is 2.97. The van der Waals surface area contributed by atoms with Gasteiger partial charge in [0.15, 0.2) is 0 Å². The Labute approximate surface area is 150 Å². The highest BCUT2D eigenvalue weighted by Gasteiger charge is 2.20. The molecule has 0 aliphatic rings. The second kappa shape index (κ2) is 6.84. The molecule has 0 aliphatic heterocycles. The Hall–Kier alpha value is -3.41.